The van der Waals surface area contributed by atoms with Gasteiger partial charge in [0.1, 0.15) is 5.69 Å². The van der Waals surface area contributed by atoms with Crippen molar-refractivity contribution >= 4 is 17.3 Å². The van der Waals surface area contributed by atoms with Crippen molar-refractivity contribution in [3.8, 4) is 23.0 Å². The summed E-state index contributed by atoms with van der Waals surface area (Å²) in [5.74, 6) is 0.764. The highest BCUT2D eigenvalue weighted by molar-refractivity contribution is 6.30. The van der Waals surface area contributed by atoms with E-state index in [1.54, 1.807) is 18.2 Å². The van der Waals surface area contributed by atoms with Crippen LogP contribution in [0, 0.1) is 0 Å². The van der Waals surface area contributed by atoms with Gasteiger partial charge in [-0.2, -0.15) is 4.98 Å². The van der Waals surface area contributed by atoms with E-state index in [1.807, 2.05) is 18.2 Å². The summed E-state index contributed by atoms with van der Waals surface area (Å²) in [5, 5.41) is 4.44. The Morgan fingerprint density at radius 1 is 1.11 bits per heavy atom. The molecular weight excluding hydrogens is 264 g/mol. The molecule has 5 nitrogen and oxygen atoms in total. The highest BCUT2D eigenvalue weighted by Gasteiger charge is 2.13. The lowest BCUT2D eigenvalue weighted by molar-refractivity contribution is 0.432. The maximum atomic E-state index is 5.86. The average molecular weight is 273 g/mol. The summed E-state index contributed by atoms with van der Waals surface area (Å²) in [7, 11) is 0. The number of benzene rings is 1. The minimum absolute atomic E-state index is 0.366. The summed E-state index contributed by atoms with van der Waals surface area (Å²) < 4.78 is 5.20. The van der Waals surface area contributed by atoms with Crippen LogP contribution in [0.5, 0.6) is 0 Å². The van der Waals surface area contributed by atoms with E-state index in [1.165, 1.54) is 6.20 Å². The zero-order valence-corrected chi connectivity index (χ0v) is 10.5. The van der Waals surface area contributed by atoms with Crippen molar-refractivity contribution in [1.82, 2.24) is 15.1 Å². The van der Waals surface area contributed by atoms with Gasteiger partial charge in [0, 0.05) is 11.9 Å². The summed E-state index contributed by atoms with van der Waals surface area (Å²) in [6, 6.07) is 10.7. The van der Waals surface area contributed by atoms with Gasteiger partial charge < -0.3 is 10.3 Å². The molecule has 2 heterocycles. The van der Waals surface area contributed by atoms with Crippen molar-refractivity contribution in [3.63, 3.8) is 0 Å². The Kier molecular flexibility index (Phi) is 2.89. The third-order valence-electron chi connectivity index (χ3n) is 2.57. The fourth-order valence-electron chi connectivity index (χ4n) is 1.64. The molecular formula is C13H9ClN4O. The van der Waals surface area contributed by atoms with Crippen LogP contribution in [0.1, 0.15) is 0 Å². The lowest BCUT2D eigenvalue weighted by Crippen LogP contribution is -1.89. The van der Waals surface area contributed by atoms with Gasteiger partial charge in [-0.05, 0) is 24.3 Å². The molecule has 0 aliphatic heterocycles. The number of rotatable bonds is 2. The average Bonchev–Trinajstić information content (AvgIpc) is 2.89. The minimum Gasteiger partial charge on any atom is -0.398 e. The van der Waals surface area contributed by atoms with Crippen molar-refractivity contribution in [2.75, 3.05) is 5.73 Å². The fourth-order valence-corrected chi connectivity index (χ4v) is 1.75. The molecule has 0 aliphatic carbocycles. The van der Waals surface area contributed by atoms with E-state index in [-0.39, 0.29) is 0 Å². The highest BCUT2D eigenvalue weighted by atomic mass is 35.5. The topological polar surface area (TPSA) is 77.8 Å². The smallest absolute Gasteiger partial charge is 0.260 e. The fraction of sp³-hybridized carbons (Fsp3) is 0. The first-order valence-electron chi connectivity index (χ1n) is 5.54. The van der Waals surface area contributed by atoms with E-state index in [4.69, 9.17) is 21.9 Å². The van der Waals surface area contributed by atoms with E-state index in [0.29, 0.717) is 33.7 Å². The first-order valence-corrected chi connectivity index (χ1v) is 5.92. The molecule has 0 fully saturated rings. The van der Waals surface area contributed by atoms with E-state index in [2.05, 4.69) is 15.1 Å². The van der Waals surface area contributed by atoms with Crippen molar-refractivity contribution in [2.45, 2.75) is 0 Å². The lowest BCUT2D eigenvalue weighted by Gasteiger charge is -1.97. The van der Waals surface area contributed by atoms with Crippen LogP contribution >= 0.6 is 11.6 Å². The second-order valence-corrected chi connectivity index (χ2v) is 4.31. The van der Waals surface area contributed by atoms with Gasteiger partial charge in [0.15, 0.2) is 0 Å². The van der Waals surface area contributed by atoms with Gasteiger partial charge in [-0.15, -0.1) is 0 Å². The van der Waals surface area contributed by atoms with Crippen LogP contribution in [0.2, 0.25) is 5.02 Å². The normalized spacial score (nSPS) is 10.6. The molecule has 3 aromatic rings. The number of anilines is 1. The first-order chi connectivity index (χ1) is 9.24. The maximum absolute atomic E-state index is 5.86. The Hall–Kier alpha value is -2.40. The molecule has 19 heavy (non-hydrogen) atoms. The molecule has 6 heteroatoms. The summed E-state index contributed by atoms with van der Waals surface area (Å²) >= 11 is 5.78. The highest BCUT2D eigenvalue weighted by Crippen LogP contribution is 2.25. The van der Waals surface area contributed by atoms with Crippen molar-refractivity contribution in [3.05, 3.63) is 47.6 Å². The Balaban J connectivity index is 2.00. The number of nitrogens with two attached hydrogens (primary N) is 1. The second-order valence-electron chi connectivity index (χ2n) is 3.87. The van der Waals surface area contributed by atoms with Crippen molar-refractivity contribution < 1.29 is 4.52 Å². The Morgan fingerprint density at radius 3 is 2.68 bits per heavy atom. The van der Waals surface area contributed by atoms with Crippen LogP contribution < -0.4 is 5.73 Å². The molecule has 2 aromatic heterocycles. The molecule has 0 amide bonds. The summed E-state index contributed by atoms with van der Waals surface area (Å²) in [6.07, 6.45) is 1.53. The van der Waals surface area contributed by atoms with Gasteiger partial charge >= 0.3 is 0 Å². The number of nitrogen functional groups attached to an aromatic ring is 1. The molecule has 0 saturated carbocycles. The van der Waals surface area contributed by atoms with Crippen LogP contribution in [0.15, 0.2) is 47.1 Å². The van der Waals surface area contributed by atoms with Crippen LogP contribution in [-0.2, 0) is 0 Å². The number of pyridine rings is 1. The van der Waals surface area contributed by atoms with Crippen molar-refractivity contribution in [1.29, 1.82) is 0 Å². The Morgan fingerprint density at radius 2 is 1.95 bits per heavy atom. The predicted molar refractivity (Wildman–Crippen MR) is 72.4 cm³/mol. The molecule has 3 rings (SSSR count). The maximum Gasteiger partial charge on any atom is 0.260 e. The number of aromatic nitrogens is 3. The minimum atomic E-state index is 0.366. The largest absolute Gasteiger partial charge is 0.398 e. The van der Waals surface area contributed by atoms with Gasteiger partial charge in [-0.1, -0.05) is 28.9 Å². The van der Waals surface area contributed by atoms with Gasteiger partial charge in [0.25, 0.3) is 5.89 Å². The van der Waals surface area contributed by atoms with E-state index in [0.717, 1.165) is 0 Å². The molecule has 94 valence electrons. The van der Waals surface area contributed by atoms with Crippen LogP contribution in [0.3, 0.4) is 0 Å². The standard InChI is InChI=1S/C13H9ClN4O/c14-8-5-6-11(16-7-8)12-17-13(19-18-12)9-3-1-2-4-10(9)15/h1-7H,15H2. The van der Waals surface area contributed by atoms with Crippen LogP contribution in [0.25, 0.3) is 23.0 Å². The first kappa shape index (κ1) is 11.7. The SMILES string of the molecule is Nc1ccccc1-c1nc(-c2ccc(Cl)cn2)no1. The molecule has 0 atom stereocenters. The Labute approximate surface area is 114 Å². The monoisotopic (exact) mass is 272 g/mol. The summed E-state index contributed by atoms with van der Waals surface area (Å²) in [6.45, 7) is 0. The predicted octanol–water partition coefficient (Wildman–Crippen LogP) is 3.03. The van der Waals surface area contributed by atoms with Crippen LogP contribution in [0.4, 0.5) is 5.69 Å². The van der Waals surface area contributed by atoms with Gasteiger partial charge in [-0.3, -0.25) is 4.98 Å². The second kappa shape index (κ2) is 4.70. The van der Waals surface area contributed by atoms with Crippen LogP contribution in [-0.4, -0.2) is 15.1 Å². The number of halogens is 1. The number of hydrogen-bond donors (Lipinski definition) is 1. The van der Waals surface area contributed by atoms with Gasteiger partial charge in [0.2, 0.25) is 5.82 Å². The van der Waals surface area contributed by atoms with Gasteiger partial charge in [0.05, 0.1) is 10.6 Å². The Bertz CT molecular complexity index is 709. The molecule has 0 saturated heterocycles. The quantitative estimate of drug-likeness (QED) is 0.726. The zero-order valence-electron chi connectivity index (χ0n) is 9.75. The third kappa shape index (κ3) is 2.28. The molecule has 2 N–H and O–H groups in total. The van der Waals surface area contributed by atoms with Crippen molar-refractivity contribution in [2.24, 2.45) is 0 Å². The number of nitrogens with zero attached hydrogens (tertiary/aromatic N) is 3. The van der Waals surface area contributed by atoms with E-state index < -0.39 is 0 Å². The molecule has 1 aromatic carbocycles. The number of para-hydroxylation sites is 1. The zero-order chi connectivity index (χ0) is 13.2. The van der Waals surface area contributed by atoms with E-state index in [9.17, 15) is 0 Å². The lowest BCUT2D eigenvalue weighted by atomic mass is 10.2. The molecule has 0 radical (unpaired) electrons. The number of hydrogen-bond acceptors (Lipinski definition) is 5. The molecule has 0 spiro atoms. The molecule has 0 aliphatic rings. The molecule has 0 bridgehead atoms. The third-order valence-corrected chi connectivity index (χ3v) is 2.80. The van der Waals surface area contributed by atoms with Gasteiger partial charge in [-0.25, -0.2) is 0 Å². The van der Waals surface area contributed by atoms with E-state index >= 15 is 0 Å². The molecule has 0 unspecified atom stereocenters. The summed E-state index contributed by atoms with van der Waals surface area (Å²) in [5.41, 5.74) is 7.74. The summed E-state index contributed by atoms with van der Waals surface area (Å²) in [4.78, 5) is 8.41.